The summed E-state index contributed by atoms with van der Waals surface area (Å²) in [6, 6.07) is 0. The number of rotatable bonds is 3. The highest BCUT2D eigenvalue weighted by Crippen LogP contribution is 2.24. The summed E-state index contributed by atoms with van der Waals surface area (Å²) in [4.78, 5) is 16.6. The van der Waals surface area contributed by atoms with Crippen LogP contribution in [0.15, 0.2) is 12.7 Å². The molecule has 0 bridgehead atoms. The second-order valence-corrected chi connectivity index (χ2v) is 6.73. The van der Waals surface area contributed by atoms with Crippen molar-refractivity contribution in [3.63, 3.8) is 0 Å². The Labute approximate surface area is 134 Å². The Bertz CT molecular complexity index is 309. The zero-order valence-electron chi connectivity index (χ0n) is 13.9. The molecule has 5 heteroatoms. The first-order valence-electron chi connectivity index (χ1n) is 7.93. The molecular formula is C16H31N3OS. The summed E-state index contributed by atoms with van der Waals surface area (Å²) in [5, 5.41) is 0. The van der Waals surface area contributed by atoms with Gasteiger partial charge in [-0.3, -0.25) is 9.10 Å². The van der Waals surface area contributed by atoms with Gasteiger partial charge in [0.15, 0.2) is 0 Å². The van der Waals surface area contributed by atoms with E-state index in [0.29, 0.717) is 11.8 Å². The number of likely N-dealkylation sites (N-methyl/N-ethyl adjacent to an activating group) is 1. The summed E-state index contributed by atoms with van der Waals surface area (Å²) >= 11 is 1.83. The highest BCUT2D eigenvalue weighted by Gasteiger charge is 2.25. The summed E-state index contributed by atoms with van der Waals surface area (Å²) in [6.45, 7) is 11.4. The van der Waals surface area contributed by atoms with E-state index in [4.69, 9.17) is 0 Å². The maximum Gasteiger partial charge on any atom is 0.222 e. The van der Waals surface area contributed by atoms with Crippen LogP contribution in [-0.4, -0.2) is 72.6 Å². The van der Waals surface area contributed by atoms with Crippen LogP contribution in [0.2, 0.25) is 0 Å². The van der Waals surface area contributed by atoms with E-state index in [9.17, 15) is 4.79 Å². The van der Waals surface area contributed by atoms with Crippen molar-refractivity contribution in [3.05, 3.63) is 12.7 Å². The van der Waals surface area contributed by atoms with Crippen molar-refractivity contribution in [2.75, 3.05) is 52.6 Å². The van der Waals surface area contributed by atoms with Crippen molar-refractivity contribution < 1.29 is 4.79 Å². The van der Waals surface area contributed by atoms with E-state index in [0.717, 1.165) is 45.7 Å². The predicted octanol–water partition coefficient (Wildman–Crippen LogP) is 2.33. The van der Waals surface area contributed by atoms with E-state index in [2.05, 4.69) is 34.0 Å². The number of piperidine rings is 1. The molecule has 0 atom stereocenters. The van der Waals surface area contributed by atoms with Crippen LogP contribution < -0.4 is 0 Å². The molecule has 0 unspecified atom stereocenters. The van der Waals surface area contributed by atoms with Gasteiger partial charge in [-0.25, -0.2) is 0 Å². The van der Waals surface area contributed by atoms with Crippen LogP contribution in [0, 0.1) is 5.92 Å². The highest BCUT2D eigenvalue weighted by molar-refractivity contribution is 7.96. The molecule has 0 saturated carbocycles. The van der Waals surface area contributed by atoms with Gasteiger partial charge < -0.3 is 9.80 Å². The summed E-state index contributed by atoms with van der Waals surface area (Å²) in [7, 11) is 2.12. The second-order valence-electron chi connectivity index (χ2n) is 5.85. The van der Waals surface area contributed by atoms with Crippen LogP contribution in [0.5, 0.6) is 0 Å². The average molecular weight is 314 g/mol. The average Bonchev–Trinajstić information content (AvgIpc) is 2.49. The number of amides is 1. The summed E-state index contributed by atoms with van der Waals surface area (Å²) in [5.74, 6) is 0.992. The van der Waals surface area contributed by atoms with E-state index < -0.39 is 0 Å². The van der Waals surface area contributed by atoms with Crippen molar-refractivity contribution in [2.24, 2.45) is 5.92 Å². The summed E-state index contributed by atoms with van der Waals surface area (Å²) in [5.41, 5.74) is 0. The first-order valence-corrected chi connectivity index (χ1v) is 9.11. The second kappa shape index (κ2) is 10.2. The number of allylic oxidation sites excluding steroid dienone is 1. The molecule has 2 rings (SSSR count). The zero-order chi connectivity index (χ0) is 15.7. The number of carbonyl (C=O) groups excluding carboxylic acids is 1. The molecule has 0 N–H and O–H groups in total. The molecule has 0 spiro atoms. The van der Waals surface area contributed by atoms with E-state index in [-0.39, 0.29) is 0 Å². The lowest BCUT2D eigenvalue weighted by Gasteiger charge is -2.35. The molecule has 2 heterocycles. The van der Waals surface area contributed by atoms with E-state index >= 15 is 0 Å². The lowest BCUT2D eigenvalue weighted by Crippen LogP contribution is -2.47. The fourth-order valence-electron chi connectivity index (χ4n) is 2.73. The van der Waals surface area contributed by atoms with Crippen LogP contribution in [0.3, 0.4) is 0 Å². The van der Waals surface area contributed by atoms with Crippen molar-refractivity contribution in [1.82, 2.24) is 14.1 Å². The van der Waals surface area contributed by atoms with Gasteiger partial charge in [-0.15, -0.1) is 6.58 Å². The predicted molar refractivity (Wildman–Crippen MR) is 92.4 cm³/mol. The van der Waals surface area contributed by atoms with Crippen molar-refractivity contribution in [3.8, 4) is 0 Å². The fourth-order valence-corrected chi connectivity index (χ4v) is 3.30. The van der Waals surface area contributed by atoms with E-state index in [1.165, 1.54) is 12.8 Å². The number of hydrogen-bond donors (Lipinski definition) is 0. The third-order valence-electron chi connectivity index (χ3n) is 4.15. The Morgan fingerprint density at radius 2 is 1.71 bits per heavy atom. The largest absolute Gasteiger partial charge is 0.340 e. The minimum atomic E-state index is 0.380. The molecule has 0 aromatic heterocycles. The maximum atomic E-state index is 12.2. The van der Waals surface area contributed by atoms with Gasteiger partial charge >= 0.3 is 0 Å². The Hall–Kier alpha value is -0.520. The standard InChI is InChI=1S/C13H25N3OS.C3H6/c1-14-7-9-15(10-8-14)13(17)11-12-3-5-16(18-2)6-4-12;1-3-2/h12H,3-11H2,1-2H3;3H,1H2,2H3. The van der Waals surface area contributed by atoms with Crippen molar-refractivity contribution >= 4 is 17.9 Å². The molecule has 1 amide bonds. The Morgan fingerprint density at radius 1 is 1.19 bits per heavy atom. The molecule has 2 fully saturated rings. The van der Waals surface area contributed by atoms with Gasteiger partial charge in [-0.2, -0.15) is 0 Å². The van der Waals surface area contributed by atoms with Crippen LogP contribution in [0.1, 0.15) is 26.2 Å². The molecular weight excluding hydrogens is 282 g/mol. The smallest absolute Gasteiger partial charge is 0.222 e. The van der Waals surface area contributed by atoms with Gasteiger partial charge in [0.05, 0.1) is 0 Å². The number of piperazine rings is 1. The zero-order valence-corrected chi connectivity index (χ0v) is 14.7. The molecule has 4 nitrogen and oxygen atoms in total. The van der Waals surface area contributed by atoms with Gasteiger partial charge in [0, 0.05) is 45.7 Å². The Morgan fingerprint density at radius 3 is 2.19 bits per heavy atom. The lowest BCUT2D eigenvalue weighted by atomic mass is 9.94. The van der Waals surface area contributed by atoms with Crippen LogP contribution in [0.25, 0.3) is 0 Å². The molecule has 2 aliphatic rings. The topological polar surface area (TPSA) is 26.8 Å². The monoisotopic (exact) mass is 313 g/mol. The molecule has 0 aromatic carbocycles. The van der Waals surface area contributed by atoms with Crippen LogP contribution in [0.4, 0.5) is 0 Å². The number of carbonyl (C=O) groups is 1. The molecule has 2 saturated heterocycles. The van der Waals surface area contributed by atoms with Gasteiger partial charge in [-0.05, 0) is 39.0 Å². The maximum absolute atomic E-state index is 12.2. The molecule has 21 heavy (non-hydrogen) atoms. The Balaban J connectivity index is 0.000000677. The molecule has 0 aromatic rings. The number of hydrogen-bond acceptors (Lipinski definition) is 4. The van der Waals surface area contributed by atoms with Gasteiger partial charge in [0.25, 0.3) is 0 Å². The summed E-state index contributed by atoms with van der Waals surface area (Å²) < 4.78 is 2.40. The highest BCUT2D eigenvalue weighted by atomic mass is 32.2. The van der Waals surface area contributed by atoms with Gasteiger partial charge in [0.2, 0.25) is 5.91 Å². The first-order chi connectivity index (χ1) is 10.1. The molecule has 0 radical (unpaired) electrons. The molecule has 0 aliphatic carbocycles. The van der Waals surface area contributed by atoms with Crippen molar-refractivity contribution in [2.45, 2.75) is 26.2 Å². The van der Waals surface area contributed by atoms with Crippen molar-refractivity contribution in [1.29, 1.82) is 0 Å². The van der Waals surface area contributed by atoms with Gasteiger partial charge in [0.1, 0.15) is 0 Å². The molecule has 2 aliphatic heterocycles. The quantitative estimate of drug-likeness (QED) is 0.590. The minimum absolute atomic E-state index is 0.380. The third-order valence-corrected chi connectivity index (χ3v) is 5.03. The molecule has 122 valence electrons. The van der Waals surface area contributed by atoms with Crippen LogP contribution >= 0.6 is 11.9 Å². The first kappa shape index (κ1) is 18.5. The normalized spacial score (nSPS) is 21.6. The van der Waals surface area contributed by atoms with E-state index in [1.807, 2.05) is 18.9 Å². The van der Waals surface area contributed by atoms with E-state index in [1.54, 1.807) is 6.08 Å². The summed E-state index contributed by atoms with van der Waals surface area (Å²) in [6.07, 6.45) is 7.02. The van der Waals surface area contributed by atoms with Crippen LogP contribution in [-0.2, 0) is 4.79 Å². The number of nitrogens with zero attached hydrogens (tertiary/aromatic N) is 3. The van der Waals surface area contributed by atoms with Gasteiger partial charge in [-0.1, -0.05) is 18.0 Å². The SMILES string of the molecule is C=CC.CSN1CCC(CC(=O)N2CCN(C)CC2)CC1. The lowest BCUT2D eigenvalue weighted by molar-refractivity contribution is -0.134. The fraction of sp³-hybridized carbons (Fsp3) is 0.812. The third kappa shape index (κ3) is 6.85. The minimum Gasteiger partial charge on any atom is -0.340 e. The Kier molecular flexibility index (Phi) is 9.04.